The number of halogens is 3. The lowest BCUT2D eigenvalue weighted by atomic mass is 10.0. The highest BCUT2D eigenvalue weighted by Gasteiger charge is 2.34. The van der Waals surface area contributed by atoms with Crippen LogP contribution < -0.4 is 15.8 Å². The molecule has 4 aromatic rings. The summed E-state index contributed by atoms with van der Waals surface area (Å²) in [6, 6.07) is 14.9. The van der Waals surface area contributed by atoms with Crippen LogP contribution in [0.2, 0.25) is 0 Å². The van der Waals surface area contributed by atoms with Gasteiger partial charge in [0.1, 0.15) is 17.6 Å². The fourth-order valence-electron chi connectivity index (χ4n) is 4.58. The number of carboxylic acid groups (broad SMARTS) is 1. The number of carbonyl (C=O) groups is 1. The molecule has 0 saturated heterocycles. The first-order valence-electron chi connectivity index (χ1n) is 12.8. The molecule has 2 aromatic carbocycles. The van der Waals surface area contributed by atoms with Crippen molar-refractivity contribution < 1.29 is 36.6 Å². The lowest BCUT2D eigenvalue weighted by molar-refractivity contribution is -0.138. The van der Waals surface area contributed by atoms with Crippen LogP contribution in [0, 0.1) is 11.3 Å². The van der Waals surface area contributed by atoms with Crippen LogP contribution in [0.1, 0.15) is 45.8 Å². The van der Waals surface area contributed by atoms with Gasteiger partial charge in [0.2, 0.25) is 10.0 Å². The number of nitrogen functional groups attached to an aromatic ring is 1. The van der Waals surface area contributed by atoms with E-state index in [2.05, 4.69) is 10.3 Å². The number of aliphatic hydroxyl groups excluding tert-OH is 1. The minimum Gasteiger partial charge on any atom is -0.477 e. The molecule has 0 bridgehead atoms. The Morgan fingerprint density at radius 1 is 1.14 bits per heavy atom. The van der Waals surface area contributed by atoms with Gasteiger partial charge in [-0.05, 0) is 60.9 Å². The second-order valence-electron chi connectivity index (χ2n) is 9.90. The molecular weight excluding hydrogens is 589 g/mol. The first-order valence-corrected chi connectivity index (χ1v) is 14.3. The number of nitrogens with zero attached hydrogens (tertiary/aromatic N) is 3. The summed E-state index contributed by atoms with van der Waals surface area (Å²) in [6.07, 6.45) is -4.09. The van der Waals surface area contributed by atoms with E-state index in [-0.39, 0.29) is 36.2 Å². The average molecular weight is 617 g/mol. The summed E-state index contributed by atoms with van der Waals surface area (Å²) >= 11 is 0. The predicted molar refractivity (Wildman–Crippen MR) is 150 cm³/mol. The van der Waals surface area contributed by atoms with E-state index in [1.54, 1.807) is 6.07 Å². The number of anilines is 1. The minimum absolute atomic E-state index is 0.0225. The maximum Gasteiger partial charge on any atom is 0.470 e. The number of aromatic nitrogens is 2. The Morgan fingerprint density at radius 3 is 2.44 bits per heavy atom. The zero-order valence-electron chi connectivity index (χ0n) is 22.6. The van der Waals surface area contributed by atoms with Crippen LogP contribution in [0.25, 0.3) is 10.9 Å². The van der Waals surface area contributed by atoms with Crippen molar-refractivity contribution in [2.45, 2.75) is 43.2 Å². The SMILES string of the molecule is CC(Cc1ccc2c(c1)cc(C(=O)O)n2Cc1ccc(S(=O)(=O)NC(F)(F)F)cc1)NCC(O)c1cnc(N)c(C#N)c1. The van der Waals surface area contributed by atoms with Crippen LogP contribution in [0.4, 0.5) is 19.0 Å². The van der Waals surface area contributed by atoms with Gasteiger partial charge in [-0.2, -0.15) is 18.4 Å². The summed E-state index contributed by atoms with van der Waals surface area (Å²) in [6.45, 7) is 2.13. The lowest BCUT2D eigenvalue weighted by Gasteiger charge is -2.18. The molecule has 0 fully saturated rings. The Morgan fingerprint density at radius 2 is 1.81 bits per heavy atom. The number of fused-ring (bicyclic) bond motifs is 1. The molecule has 2 unspecified atom stereocenters. The molecule has 0 saturated carbocycles. The number of sulfonamides is 1. The topological polar surface area (TPSA) is 183 Å². The summed E-state index contributed by atoms with van der Waals surface area (Å²) in [5, 5.41) is 33.3. The van der Waals surface area contributed by atoms with Crippen LogP contribution >= 0.6 is 0 Å². The maximum atomic E-state index is 12.5. The van der Waals surface area contributed by atoms with Crippen molar-refractivity contribution in [1.82, 2.24) is 19.6 Å². The molecule has 0 aliphatic rings. The first kappa shape index (κ1) is 31.4. The molecule has 0 amide bonds. The Bertz CT molecular complexity index is 1800. The van der Waals surface area contributed by atoms with E-state index in [0.717, 1.165) is 17.7 Å². The van der Waals surface area contributed by atoms with E-state index in [1.807, 2.05) is 25.1 Å². The molecule has 2 heterocycles. The highest BCUT2D eigenvalue weighted by molar-refractivity contribution is 7.89. The van der Waals surface area contributed by atoms with Crippen LogP contribution in [-0.2, 0) is 23.0 Å². The molecule has 43 heavy (non-hydrogen) atoms. The Labute approximate surface area is 244 Å². The zero-order valence-corrected chi connectivity index (χ0v) is 23.4. The number of carboxylic acids is 1. The van der Waals surface area contributed by atoms with E-state index in [9.17, 15) is 36.6 Å². The fraction of sp³-hybridized carbons (Fsp3) is 0.250. The van der Waals surface area contributed by atoms with Crippen molar-refractivity contribution in [3.05, 3.63) is 88.7 Å². The second kappa shape index (κ2) is 12.4. The molecule has 4 rings (SSSR count). The monoisotopic (exact) mass is 616 g/mol. The van der Waals surface area contributed by atoms with Crippen molar-refractivity contribution in [2.24, 2.45) is 0 Å². The molecule has 0 radical (unpaired) electrons. The number of hydrogen-bond acceptors (Lipinski definition) is 8. The molecule has 226 valence electrons. The zero-order chi connectivity index (χ0) is 31.5. The number of rotatable bonds is 11. The van der Waals surface area contributed by atoms with Gasteiger partial charge in [-0.1, -0.05) is 18.2 Å². The van der Waals surface area contributed by atoms with Crippen molar-refractivity contribution in [3.63, 3.8) is 0 Å². The van der Waals surface area contributed by atoms with Crippen molar-refractivity contribution in [1.29, 1.82) is 5.26 Å². The molecule has 0 aliphatic carbocycles. The number of aliphatic hydroxyl groups is 1. The van der Waals surface area contributed by atoms with Gasteiger partial charge in [-0.3, -0.25) is 0 Å². The lowest BCUT2D eigenvalue weighted by Crippen LogP contribution is -2.37. The van der Waals surface area contributed by atoms with Gasteiger partial charge in [0.15, 0.2) is 0 Å². The predicted octanol–water partition coefficient (Wildman–Crippen LogP) is 3.29. The fourth-order valence-corrected chi connectivity index (χ4v) is 5.50. The largest absolute Gasteiger partial charge is 0.477 e. The molecule has 15 heteroatoms. The van der Waals surface area contributed by atoms with E-state index >= 15 is 0 Å². The normalized spacial score (nSPS) is 13.5. The van der Waals surface area contributed by atoms with Gasteiger partial charge in [0.05, 0.1) is 16.6 Å². The van der Waals surface area contributed by atoms with Gasteiger partial charge in [-0.25, -0.2) is 18.2 Å². The van der Waals surface area contributed by atoms with Crippen LogP contribution in [0.15, 0.2) is 65.7 Å². The van der Waals surface area contributed by atoms with Gasteiger partial charge < -0.3 is 25.8 Å². The standard InChI is InChI=1S/C28H27F3N6O5S/c1-16(34-14-25(38)21-10-20(12-32)26(33)35-13-21)8-18-4-7-23-19(9-18)11-24(27(39)40)37(23)15-17-2-5-22(6-3-17)43(41,42)36-28(29,30)31/h2-7,9-11,13,16,25,34,36,38H,8,14-15H2,1H3,(H2,33,35)(H,39,40). The first-order chi connectivity index (χ1) is 20.2. The number of nitrogens with one attached hydrogen (secondary N) is 2. The number of nitrogens with two attached hydrogens (primary N) is 1. The third-order valence-electron chi connectivity index (χ3n) is 6.66. The molecule has 2 aromatic heterocycles. The highest BCUT2D eigenvalue weighted by atomic mass is 32.2. The summed E-state index contributed by atoms with van der Waals surface area (Å²) in [5.41, 5.74) is 8.19. The summed E-state index contributed by atoms with van der Waals surface area (Å²) in [5.74, 6) is -1.10. The van der Waals surface area contributed by atoms with Crippen LogP contribution in [0.3, 0.4) is 0 Å². The van der Waals surface area contributed by atoms with Gasteiger partial charge >= 0.3 is 12.3 Å². The Hall–Kier alpha value is -4.49. The third kappa shape index (κ3) is 7.67. The van der Waals surface area contributed by atoms with E-state index in [0.29, 0.717) is 33.2 Å². The number of pyridine rings is 1. The quantitative estimate of drug-likeness (QED) is 0.158. The maximum absolute atomic E-state index is 12.5. The van der Waals surface area contributed by atoms with E-state index in [4.69, 9.17) is 11.0 Å². The second-order valence-corrected chi connectivity index (χ2v) is 11.6. The number of hydrogen-bond donors (Lipinski definition) is 5. The van der Waals surface area contributed by atoms with Crippen molar-refractivity contribution >= 4 is 32.7 Å². The minimum atomic E-state index is -5.12. The number of alkyl halides is 3. The van der Waals surface area contributed by atoms with Crippen molar-refractivity contribution in [3.8, 4) is 6.07 Å². The summed E-state index contributed by atoms with van der Waals surface area (Å²) in [7, 11) is -4.81. The Balaban J connectivity index is 1.47. The van der Waals surface area contributed by atoms with E-state index in [1.165, 1.54) is 35.0 Å². The third-order valence-corrected chi connectivity index (χ3v) is 8.05. The van der Waals surface area contributed by atoms with Gasteiger partial charge in [0, 0.05) is 41.8 Å². The van der Waals surface area contributed by atoms with Crippen molar-refractivity contribution in [2.75, 3.05) is 12.3 Å². The number of benzene rings is 2. The Kier molecular flexibility index (Phi) is 9.07. The summed E-state index contributed by atoms with van der Waals surface area (Å²) < 4.78 is 63.6. The number of aromatic carboxylic acids is 1. The van der Waals surface area contributed by atoms with Gasteiger partial charge in [0.25, 0.3) is 0 Å². The summed E-state index contributed by atoms with van der Waals surface area (Å²) in [4.78, 5) is 15.4. The molecule has 0 spiro atoms. The van der Waals surface area contributed by atoms with Crippen LogP contribution in [-0.4, -0.2) is 53.0 Å². The molecular formula is C28H27F3N6O5S. The van der Waals surface area contributed by atoms with Crippen LogP contribution in [0.5, 0.6) is 0 Å². The molecule has 0 aliphatic heterocycles. The molecule has 2 atom stereocenters. The number of nitriles is 1. The average Bonchev–Trinajstić information content (AvgIpc) is 3.28. The highest BCUT2D eigenvalue weighted by Crippen LogP contribution is 2.25. The van der Waals surface area contributed by atoms with E-state index < -0.39 is 33.3 Å². The molecule has 6 N–H and O–H groups in total. The molecule has 11 nitrogen and oxygen atoms in total. The van der Waals surface area contributed by atoms with Gasteiger partial charge in [-0.15, -0.1) is 4.72 Å². The smallest absolute Gasteiger partial charge is 0.470 e.